The van der Waals surface area contributed by atoms with E-state index in [0.29, 0.717) is 31.7 Å². The van der Waals surface area contributed by atoms with E-state index in [1.165, 1.54) is 18.7 Å². The molecule has 0 aromatic carbocycles. The second kappa shape index (κ2) is 7.70. The summed E-state index contributed by atoms with van der Waals surface area (Å²) in [4.78, 5) is 24.6. The van der Waals surface area contributed by atoms with Crippen molar-refractivity contribution in [3.05, 3.63) is 48.8 Å². The maximum atomic E-state index is 13.5. The molecule has 4 aromatic heterocycles. The molecule has 32 heavy (non-hydrogen) atoms. The van der Waals surface area contributed by atoms with E-state index in [1.807, 2.05) is 11.9 Å². The van der Waals surface area contributed by atoms with Crippen molar-refractivity contribution in [3.63, 3.8) is 0 Å². The molecule has 0 atom stereocenters. The van der Waals surface area contributed by atoms with Crippen LogP contribution in [0, 0.1) is 0 Å². The number of pyridine rings is 1. The third kappa shape index (κ3) is 3.67. The lowest BCUT2D eigenvalue weighted by Gasteiger charge is -2.36. The van der Waals surface area contributed by atoms with Crippen molar-refractivity contribution in [3.8, 4) is 11.4 Å². The molecule has 164 valence electrons. The van der Waals surface area contributed by atoms with Crippen LogP contribution in [0.5, 0.6) is 0 Å². The molecule has 1 aliphatic rings. The number of hydrogen-bond donors (Lipinski definition) is 0. The molecule has 0 amide bonds. The van der Waals surface area contributed by atoms with E-state index in [0.717, 1.165) is 22.9 Å². The molecule has 4 aromatic rings. The van der Waals surface area contributed by atoms with Gasteiger partial charge in [0.25, 0.3) is 0 Å². The maximum absolute atomic E-state index is 13.5. The number of alkyl halides is 3. The molecule has 12 heteroatoms. The molecule has 5 heterocycles. The average molecular weight is 441 g/mol. The molecule has 5 rings (SSSR count). The van der Waals surface area contributed by atoms with E-state index in [9.17, 15) is 13.2 Å². The topological polar surface area (TPSA) is 88.8 Å². The summed E-state index contributed by atoms with van der Waals surface area (Å²) in [6, 6.07) is 4.18. The lowest BCUT2D eigenvalue weighted by molar-refractivity contribution is -0.141. The summed E-state index contributed by atoms with van der Waals surface area (Å²) in [5, 5.41) is 5.07. The third-order valence-corrected chi connectivity index (χ3v) is 5.35. The van der Waals surface area contributed by atoms with Gasteiger partial charge in [0.15, 0.2) is 17.2 Å². The number of piperazine rings is 1. The highest BCUT2D eigenvalue weighted by molar-refractivity contribution is 5.86. The second-order valence-electron chi connectivity index (χ2n) is 7.35. The Kier molecular flexibility index (Phi) is 4.83. The van der Waals surface area contributed by atoms with Gasteiger partial charge in [-0.2, -0.15) is 18.3 Å². The summed E-state index contributed by atoms with van der Waals surface area (Å²) in [7, 11) is 1.81. The highest BCUT2D eigenvalue weighted by Crippen LogP contribution is 2.32. The zero-order chi connectivity index (χ0) is 22.3. The molecule has 0 spiro atoms. The minimum atomic E-state index is -4.58. The Morgan fingerprint density at radius 2 is 1.66 bits per heavy atom. The van der Waals surface area contributed by atoms with Gasteiger partial charge in [0.05, 0.1) is 11.6 Å². The molecule has 9 nitrogen and oxygen atoms in total. The molecule has 0 bridgehead atoms. The number of hydrogen-bond acceptors (Lipinski definition) is 8. The number of nitrogens with zero attached hydrogens (tertiary/aromatic N) is 9. The van der Waals surface area contributed by atoms with Gasteiger partial charge in [-0.05, 0) is 12.1 Å². The highest BCUT2D eigenvalue weighted by Gasteiger charge is 2.35. The van der Waals surface area contributed by atoms with E-state index < -0.39 is 11.9 Å². The molecule has 0 radical (unpaired) electrons. The Balaban J connectivity index is 1.42. The van der Waals surface area contributed by atoms with Crippen molar-refractivity contribution in [2.75, 3.05) is 36.0 Å². The maximum Gasteiger partial charge on any atom is 0.433 e. The van der Waals surface area contributed by atoms with E-state index in [1.54, 1.807) is 23.0 Å². The van der Waals surface area contributed by atoms with Gasteiger partial charge in [-0.1, -0.05) is 0 Å². The van der Waals surface area contributed by atoms with Gasteiger partial charge in [-0.25, -0.2) is 19.9 Å². The minimum absolute atomic E-state index is 0.0209. The van der Waals surface area contributed by atoms with Crippen LogP contribution in [0.1, 0.15) is 5.69 Å². The molecule has 1 saturated heterocycles. The largest absolute Gasteiger partial charge is 0.433 e. The fraction of sp³-hybridized carbons (Fsp3) is 0.300. The summed E-state index contributed by atoms with van der Waals surface area (Å²) in [5.41, 5.74) is 0.237. The van der Waals surface area contributed by atoms with Crippen LogP contribution in [0.2, 0.25) is 0 Å². The first kappa shape index (κ1) is 20.1. The van der Waals surface area contributed by atoms with Crippen LogP contribution in [0.3, 0.4) is 0 Å². The lowest BCUT2D eigenvalue weighted by Crippen LogP contribution is -2.47. The standard InChI is InChI=1S/C20H18F3N9/c1-30-18-14(11-27-30)19(26-12-25-18)32-8-6-31(7-9-32)16-10-15(20(21,22)23)28-17(29-16)13-2-4-24-5-3-13/h2-5,10-12H,6-9H2,1H3. The molecule has 1 fully saturated rings. The van der Waals surface area contributed by atoms with Crippen LogP contribution in [0.25, 0.3) is 22.4 Å². The van der Waals surface area contributed by atoms with Gasteiger partial charge in [-0.3, -0.25) is 9.67 Å². The Morgan fingerprint density at radius 1 is 0.938 bits per heavy atom. The van der Waals surface area contributed by atoms with Gasteiger partial charge in [0, 0.05) is 57.3 Å². The quantitative estimate of drug-likeness (QED) is 0.479. The van der Waals surface area contributed by atoms with Crippen molar-refractivity contribution < 1.29 is 13.2 Å². The molecule has 0 unspecified atom stereocenters. The van der Waals surface area contributed by atoms with Crippen LogP contribution in [-0.2, 0) is 13.2 Å². The normalized spacial score (nSPS) is 14.9. The third-order valence-electron chi connectivity index (χ3n) is 5.35. The number of fused-ring (bicyclic) bond motifs is 1. The second-order valence-corrected chi connectivity index (χ2v) is 7.35. The summed E-state index contributed by atoms with van der Waals surface area (Å²) in [6.45, 7) is 2.10. The van der Waals surface area contributed by atoms with Crippen LogP contribution in [-0.4, -0.2) is 60.9 Å². The predicted molar refractivity (Wildman–Crippen MR) is 111 cm³/mol. The van der Waals surface area contributed by atoms with E-state index in [2.05, 4.69) is 34.9 Å². The average Bonchev–Trinajstić information content (AvgIpc) is 3.20. The fourth-order valence-corrected chi connectivity index (χ4v) is 3.72. The van der Waals surface area contributed by atoms with Gasteiger partial charge in [0.1, 0.15) is 18.0 Å². The molecule has 0 aliphatic carbocycles. The van der Waals surface area contributed by atoms with Crippen LogP contribution in [0.15, 0.2) is 43.1 Å². The Hall–Kier alpha value is -3.83. The van der Waals surface area contributed by atoms with Gasteiger partial charge >= 0.3 is 6.18 Å². The van der Waals surface area contributed by atoms with Crippen molar-refractivity contribution in [1.29, 1.82) is 0 Å². The van der Waals surface area contributed by atoms with Crippen LogP contribution < -0.4 is 9.80 Å². The number of anilines is 2. The molecule has 1 aliphatic heterocycles. The lowest BCUT2D eigenvalue weighted by atomic mass is 10.2. The van der Waals surface area contributed by atoms with E-state index >= 15 is 0 Å². The fourth-order valence-electron chi connectivity index (χ4n) is 3.72. The smallest absolute Gasteiger partial charge is 0.353 e. The zero-order valence-corrected chi connectivity index (χ0v) is 17.0. The molecule has 0 N–H and O–H groups in total. The Bertz CT molecular complexity index is 1250. The number of aryl methyl sites for hydroxylation is 1. The van der Waals surface area contributed by atoms with Crippen LogP contribution >= 0.6 is 0 Å². The summed E-state index contributed by atoms with van der Waals surface area (Å²) in [6.07, 6.45) is 1.63. The first-order valence-corrected chi connectivity index (χ1v) is 9.89. The Labute approximate surface area is 180 Å². The summed E-state index contributed by atoms with van der Waals surface area (Å²) < 4.78 is 42.2. The van der Waals surface area contributed by atoms with Crippen LogP contribution in [0.4, 0.5) is 24.8 Å². The first-order chi connectivity index (χ1) is 15.4. The van der Waals surface area contributed by atoms with Gasteiger partial charge in [-0.15, -0.1) is 0 Å². The molecular weight excluding hydrogens is 423 g/mol. The van der Waals surface area contributed by atoms with Gasteiger partial charge in [0.2, 0.25) is 0 Å². The minimum Gasteiger partial charge on any atom is -0.353 e. The molecule has 0 saturated carbocycles. The predicted octanol–water partition coefficient (Wildman–Crippen LogP) is 2.56. The first-order valence-electron chi connectivity index (χ1n) is 9.89. The molecular formula is C20H18F3N9. The monoisotopic (exact) mass is 441 g/mol. The number of halogens is 3. The van der Waals surface area contributed by atoms with E-state index in [4.69, 9.17) is 0 Å². The zero-order valence-electron chi connectivity index (χ0n) is 17.0. The van der Waals surface area contributed by atoms with Crippen molar-refractivity contribution in [2.24, 2.45) is 7.05 Å². The summed E-state index contributed by atoms with van der Waals surface area (Å²) >= 11 is 0. The number of aromatic nitrogens is 7. The van der Waals surface area contributed by atoms with Crippen molar-refractivity contribution >= 4 is 22.7 Å². The highest BCUT2D eigenvalue weighted by atomic mass is 19.4. The Morgan fingerprint density at radius 3 is 2.38 bits per heavy atom. The summed E-state index contributed by atoms with van der Waals surface area (Å²) in [5.74, 6) is 1.03. The van der Waals surface area contributed by atoms with E-state index in [-0.39, 0.29) is 11.6 Å². The SMILES string of the molecule is Cn1ncc2c(N3CCN(c4cc(C(F)(F)F)nc(-c5ccncc5)n4)CC3)ncnc21. The van der Waals surface area contributed by atoms with Crippen molar-refractivity contribution in [2.45, 2.75) is 6.18 Å². The van der Waals surface area contributed by atoms with Gasteiger partial charge < -0.3 is 9.80 Å². The number of rotatable bonds is 3. The van der Waals surface area contributed by atoms with Crippen molar-refractivity contribution in [1.82, 2.24) is 34.7 Å².